The Bertz CT molecular complexity index is 812. The number of thioether (sulfide) groups is 1. The molecule has 0 aliphatic carbocycles. The van der Waals surface area contributed by atoms with E-state index < -0.39 is 30.5 Å². The Kier molecular flexibility index (Phi) is 7.63. The van der Waals surface area contributed by atoms with E-state index in [0.717, 1.165) is 17.1 Å². The van der Waals surface area contributed by atoms with Gasteiger partial charge in [0.1, 0.15) is 5.75 Å². The van der Waals surface area contributed by atoms with Gasteiger partial charge in [-0.25, -0.2) is 0 Å². The second kappa shape index (κ2) is 9.73. The van der Waals surface area contributed by atoms with Gasteiger partial charge in [-0.3, -0.25) is 9.59 Å². The first-order valence-electron chi connectivity index (χ1n) is 8.00. The summed E-state index contributed by atoms with van der Waals surface area (Å²) in [5.74, 6) is -1.46. The topological polar surface area (TPSA) is 93.2 Å². The fraction of sp³-hybridized carbons (Fsp3) is 0.375. The number of halogens is 3. The SMILES string of the molecule is CCSc1nnc(NC(=O)CC(NC(=O)C(F)(F)F)c2ccc(OC)cc2)s1. The van der Waals surface area contributed by atoms with Crippen LogP contribution in [0, 0.1) is 0 Å². The zero-order valence-electron chi connectivity index (χ0n) is 14.9. The van der Waals surface area contributed by atoms with Crippen LogP contribution < -0.4 is 15.4 Å². The average Bonchev–Trinajstić information content (AvgIpc) is 3.07. The van der Waals surface area contributed by atoms with E-state index in [4.69, 9.17) is 4.74 Å². The van der Waals surface area contributed by atoms with Crippen LogP contribution in [-0.2, 0) is 9.59 Å². The lowest BCUT2D eigenvalue weighted by atomic mass is 10.0. The van der Waals surface area contributed by atoms with Crippen molar-refractivity contribution in [2.45, 2.75) is 29.9 Å². The smallest absolute Gasteiger partial charge is 0.471 e. The Morgan fingerprint density at radius 2 is 1.93 bits per heavy atom. The standard InChI is InChI=1S/C16H17F3N4O3S2/c1-3-27-15-23-22-14(28-15)21-12(24)8-11(20-13(25)16(17,18)19)9-4-6-10(26-2)7-5-9/h4-7,11H,3,8H2,1-2H3,(H,20,25)(H,21,22,24). The third-order valence-corrected chi connectivity index (χ3v) is 5.25. The van der Waals surface area contributed by atoms with Crippen molar-refractivity contribution in [1.29, 1.82) is 0 Å². The molecule has 12 heteroatoms. The van der Waals surface area contributed by atoms with Gasteiger partial charge in [-0.15, -0.1) is 10.2 Å². The third-order valence-electron chi connectivity index (χ3n) is 3.39. The van der Waals surface area contributed by atoms with E-state index in [1.165, 1.54) is 43.1 Å². The molecule has 0 aliphatic heterocycles. The summed E-state index contributed by atoms with van der Waals surface area (Å²) in [5.41, 5.74) is 0.327. The molecule has 2 N–H and O–H groups in total. The van der Waals surface area contributed by atoms with E-state index >= 15 is 0 Å². The van der Waals surface area contributed by atoms with Gasteiger partial charge < -0.3 is 15.4 Å². The molecule has 1 atom stereocenters. The lowest BCUT2D eigenvalue weighted by Crippen LogP contribution is -2.40. The van der Waals surface area contributed by atoms with Gasteiger partial charge >= 0.3 is 12.1 Å². The molecule has 0 aliphatic rings. The fourth-order valence-electron chi connectivity index (χ4n) is 2.13. The van der Waals surface area contributed by atoms with Crippen molar-refractivity contribution in [3.8, 4) is 5.75 Å². The minimum Gasteiger partial charge on any atom is -0.497 e. The molecule has 1 aromatic carbocycles. The molecule has 28 heavy (non-hydrogen) atoms. The summed E-state index contributed by atoms with van der Waals surface area (Å²) in [7, 11) is 1.44. The summed E-state index contributed by atoms with van der Waals surface area (Å²) in [6.45, 7) is 1.94. The number of methoxy groups -OCH3 is 1. The molecule has 7 nitrogen and oxygen atoms in total. The number of ether oxygens (including phenoxy) is 1. The number of nitrogens with zero attached hydrogens (tertiary/aromatic N) is 2. The summed E-state index contributed by atoms with van der Waals surface area (Å²) >= 11 is 2.61. The molecule has 2 rings (SSSR count). The van der Waals surface area contributed by atoms with Gasteiger partial charge in [0, 0.05) is 0 Å². The Morgan fingerprint density at radius 3 is 2.50 bits per heavy atom. The van der Waals surface area contributed by atoms with E-state index in [1.54, 1.807) is 0 Å². The van der Waals surface area contributed by atoms with Gasteiger partial charge in [-0.2, -0.15) is 13.2 Å². The quantitative estimate of drug-likeness (QED) is 0.489. The number of benzene rings is 1. The number of rotatable bonds is 8. The van der Waals surface area contributed by atoms with Crippen LogP contribution >= 0.6 is 23.1 Å². The second-order valence-electron chi connectivity index (χ2n) is 5.36. The van der Waals surface area contributed by atoms with E-state index in [0.29, 0.717) is 15.7 Å². The molecule has 0 saturated carbocycles. The van der Waals surface area contributed by atoms with Crippen molar-refractivity contribution in [1.82, 2.24) is 15.5 Å². The Labute approximate surface area is 167 Å². The molecule has 0 spiro atoms. The predicted molar refractivity (Wildman–Crippen MR) is 99.5 cm³/mol. The number of amides is 2. The first-order chi connectivity index (χ1) is 13.2. The first-order valence-corrected chi connectivity index (χ1v) is 9.81. The summed E-state index contributed by atoms with van der Waals surface area (Å²) in [5, 5.41) is 12.3. The normalized spacial score (nSPS) is 12.3. The van der Waals surface area contributed by atoms with Crippen molar-refractivity contribution >= 4 is 40.0 Å². The van der Waals surface area contributed by atoms with Crippen LogP contribution in [0.2, 0.25) is 0 Å². The maximum Gasteiger partial charge on any atom is 0.471 e. The highest BCUT2D eigenvalue weighted by atomic mass is 32.2. The van der Waals surface area contributed by atoms with Crippen molar-refractivity contribution in [3.63, 3.8) is 0 Å². The van der Waals surface area contributed by atoms with E-state index in [2.05, 4.69) is 15.5 Å². The summed E-state index contributed by atoms with van der Waals surface area (Å²) in [4.78, 5) is 23.7. The Balaban J connectivity index is 2.12. The molecule has 0 bridgehead atoms. The lowest BCUT2D eigenvalue weighted by Gasteiger charge is -2.19. The number of hydrogen-bond donors (Lipinski definition) is 2. The van der Waals surface area contributed by atoms with Crippen LogP contribution in [0.5, 0.6) is 5.75 Å². The Hall–Kier alpha value is -2.34. The molecule has 0 radical (unpaired) electrons. The maximum absolute atomic E-state index is 12.7. The number of carbonyl (C=O) groups is 2. The van der Waals surface area contributed by atoms with Crippen LogP contribution in [0.1, 0.15) is 24.9 Å². The molecule has 2 aromatic rings. The maximum atomic E-state index is 12.7. The lowest BCUT2D eigenvalue weighted by molar-refractivity contribution is -0.174. The largest absolute Gasteiger partial charge is 0.497 e. The van der Waals surface area contributed by atoms with E-state index in [9.17, 15) is 22.8 Å². The predicted octanol–water partition coefficient (Wildman–Crippen LogP) is 3.41. The summed E-state index contributed by atoms with van der Waals surface area (Å²) in [6.07, 6.45) is -5.48. The van der Waals surface area contributed by atoms with Gasteiger partial charge in [0.15, 0.2) is 4.34 Å². The van der Waals surface area contributed by atoms with E-state index in [-0.39, 0.29) is 5.13 Å². The first kappa shape index (κ1) is 22.0. The van der Waals surface area contributed by atoms with Gasteiger partial charge in [-0.1, -0.05) is 42.2 Å². The van der Waals surface area contributed by atoms with Crippen LogP contribution in [-0.4, -0.2) is 41.1 Å². The fourth-order valence-corrected chi connectivity index (χ4v) is 3.79. The van der Waals surface area contributed by atoms with Crippen molar-refractivity contribution in [2.24, 2.45) is 0 Å². The summed E-state index contributed by atoms with van der Waals surface area (Å²) < 4.78 is 43.6. The number of nitrogens with one attached hydrogen (secondary N) is 2. The molecule has 0 saturated heterocycles. The number of hydrogen-bond acceptors (Lipinski definition) is 7. The van der Waals surface area contributed by atoms with Crippen molar-refractivity contribution in [3.05, 3.63) is 29.8 Å². The van der Waals surface area contributed by atoms with Gasteiger partial charge in [0.2, 0.25) is 11.0 Å². The molecular weight excluding hydrogens is 417 g/mol. The van der Waals surface area contributed by atoms with Gasteiger partial charge in [0.05, 0.1) is 19.6 Å². The highest BCUT2D eigenvalue weighted by molar-refractivity contribution is 8.01. The number of aromatic nitrogens is 2. The number of carbonyl (C=O) groups excluding carboxylic acids is 2. The van der Waals surface area contributed by atoms with Crippen molar-refractivity contribution in [2.75, 3.05) is 18.2 Å². The van der Waals surface area contributed by atoms with Gasteiger partial charge in [0.25, 0.3) is 0 Å². The molecule has 1 aromatic heterocycles. The highest BCUT2D eigenvalue weighted by Gasteiger charge is 2.40. The van der Waals surface area contributed by atoms with Crippen molar-refractivity contribution < 1.29 is 27.5 Å². The monoisotopic (exact) mass is 434 g/mol. The minimum atomic E-state index is -5.06. The molecular formula is C16H17F3N4O3S2. The van der Waals surface area contributed by atoms with Crippen LogP contribution in [0.3, 0.4) is 0 Å². The summed E-state index contributed by atoms with van der Waals surface area (Å²) in [6, 6.07) is 4.83. The molecule has 2 amide bonds. The zero-order chi connectivity index (χ0) is 20.7. The Morgan fingerprint density at radius 1 is 1.25 bits per heavy atom. The van der Waals surface area contributed by atoms with Crippen LogP contribution in [0.15, 0.2) is 28.6 Å². The second-order valence-corrected chi connectivity index (χ2v) is 7.84. The molecule has 0 fully saturated rings. The molecule has 1 heterocycles. The number of alkyl halides is 3. The average molecular weight is 434 g/mol. The third kappa shape index (κ3) is 6.37. The minimum absolute atomic E-state index is 0.233. The van der Waals surface area contributed by atoms with Gasteiger partial charge in [-0.05, 0) is 23.4 Å². The molecule has 1 unspecified atom stereocenters. The zero-order valence-corrected chi connectivity index (χ0v) is 16.5. The number of anilines is 1. The van der Waals surface area contributed by atoms with E-state index in [1.807, 2.05) is 12.2 Å². The highest BCUT2D eigenvalue weighted by Crippen LogP contribution is 2.27. The van der Waals surface area contributed by atoms with Crippen LogP contribution in [0.4, 0.5) is 18.3 Å². The van der Waals surface area contributed by atoms with Crippen LogP contribution in [0.25, 0.3) is 0 Å². The molecule has 152 valence electrons.